The second-order valence-corrected chi connectivity index (χ2v) is 6.63. The molecule has 3 heteroatoms. The Kier molecular flexibility index (Phi) is 3.40. The van der Waals surface area contributed by atoms with Crippen LogP contribution in [0.25, 0.3) is 0 Å². The van der Waals surface area contributed by atoms with Crippen molar-refractivity contribution in [3.8, 4) is 0 Å². The lowest BCUT2D eigenvalue weighted by atomic mass is 9.92. The molecule has 14 heavy (non-hydrogen) atoms. The first-order valence-corrected chi connectivity index (χ1v) is 6.83. The number of nitrogens with two attached hydrogens (primary N) is 1. The summed E-state index contributed by atoms with van der Waals surface area (Å²) in [4.78, 5) is 0. The fraction of sp³-hybridized carbons (Fsp3) is 1.00. The molecule has 1 aliphatic heterocycles. The van der Waals surface area contributed by atoms with E-state index in [1.54, 1.807) is 0 Å². The molecule has 0 aromatic rings. The molecule has 0 aromatic heterocycles. The summed E-state index contributed by atoms with van der Waals surface area (Å²) in [5.74, 6) is 8.03. The molecule has 2 atom stereocenters. The maximum atomic E-state index is 5.68. The zero-order valence-corrected chi connectivity index (χ0v) is 9.91. The van der Waals surface area contributed by atoms with Gasteiger partial charge < -0.3 is 0 Å². The predicted molar refractivity (Wildman–Crippen MR) is 63.2 cm³/mol. The molecule has 0 aromatic carbocycles. The molecule has 0 radical (unpaired) electrons. The minimum Gasteiger partial charge on any atom is -0.271 e. The Morgan fingerprint density at radius 2 is 2.36 bits per heavy atom. The number of hydrazine groups is 1. The molecule has 2 fully saturated rings. The van der Waals surface area contributed by atoms with Gasteiger partial charge in [-0.3, -0.25) is 11.3 Å². The third kappa shape index (κ3) is 2.44. The van der Waals surface area contributed by atoms with Gasteiger partial charge in [0.15, 0.2) is 0 Å². The van der Waals surface area contributed by atoms with Gasteiger partial charge in [0.25, 0.3) is 0 Å². The fourth-order valence-electron chi connectivity index (χ4n) is 2.45. The molecule has 0 amide bonds. The Bertz CT molecular complexity index is 186. The summed E-state index contributed by atoms with van der Waals surface area (Å²) in [6.07, 6.45) is 8.26. The van der Waals surface area contributed by atoms with E-state index in [2.05, 4.69) is 24.1 Å². The molecule has 82 valence electrons. The van der Waals surface area contributed by atoms with E-state index in [-0.39, 0.29) is 0 Å². The van der Waals surface area contributed by atoms with Crippen LogP contribution in [0.3, 0.4) is 0 Å². The standard InChI is InChI=1S/C11H22N2S/c1-11(7-2-8-14-11)10(13-12)6-5-9-3-4-9/h9-10,13H,2-8,12H2,1H3. The van der Waals surface area contributed by atoms with Crippen LogP contribution in [0, 0.1) is 5.92 Å². The second kappa shape index (κ2) is 4.42. The van der Waals surface area contributed by atoms with Gasteiger partial charge in [0.2, 0.25) is 0 Å². The van der Waals surface area contributed by atoms with Gasteiger partial charge in [0, 0.05) is 10.8 Å². The van der Waals surface area contributed by atoms with Crippen molar-refractivity contribution in [2.75, 3.05) is 5.75 Å². The molecule has 1 saturated carbocycles. The molecular formula is C11H22N2S. The minimum atomic E-state index is 0.406. The molecule has 0 spiro atoms. The van der Waals surface area contributed by atoms with Crippen molar-refractivity contribution < 1.29 is 0 Å². The van der Waals surface area contributed by atoms with Gasteiger partial charge >= 0.3 is 0 Å². The summed E-state index contributed by atoms with van der Waals surface area (Å²) < 4.78 is 0.406. The number of thioether (sulfide) groups is 1. The highest BCUT2D eigenvalue weighted by Gasteiger charge is 2.37. The molecule has 2 rings (SSSR count). The smallest absolute Gasteiger partial charge is 0.0355 e. The first kappa shape index (κ1) is 10.8. The van der Waals surface area contributed by atoms with E-state index in [0.29, 0.717) is 10.8 Å². The average Bonchev–Trinajstić information content (AvgIpc) is 2.89. The van der Waals surface area contributed by atoms with Gasteiger partial charge in [-0.15, -0.1) is 0 Å². The SMILES string of the molecule is CC1(C(CCC2CC2)NN)CCCS1. The van der Waals surface area contributed by atoms with E-state index >= 15 is 0 Å². The van der Waals surface area contributed by atoms with E-state index in [4.69, 9.17) is 5.84 Å². The van der Waals surface area contributed by atoms with Crippen LogP contribution in [-0.4, -0.2) is 16.5 Å². The lowest BCUT2D eigenvalue weighted by Crippen LogP contribution is -2.48. The molecule has 2 unspecified atom stereocenters. The van der Waals surface area contributed by atoms with Crippen molar-refractivity contribution in [2.24, 2.45) is 11.8 Å². The van der Waals surface area contributed by atoms with Gasteiger partial charge in [-0.1, -0.05) is 12.8 Å². The second-order valence-electron chi connectivity index (χ2n) is 5.00. The third-order valence-corrected chi connectivity index (χ3v) is 5.39. The van der Waals surface area contributed by atoms with Crippen LogP contribution in [0.5, 0.6) is 0 Å². The lowest BCUT2D eigenvalue weighted by Gasteiger charge is -2.32. The lowest BCUT2D eigenvalue weighted by molar-refractivity contribution is 0.372. The Labute approximate surface area is 91.4 Å². The topological polar surface area (TPSA) is 38.0 Å². The van der Waals surface area contributed by atoms with Crippen molar-refractivity contribution in [3.05, 3.63) is 0 Å². The average molecular weight is 214 g/mol. The minimum absolute atomic E-state index is 0.406. The van der Waals surface area contributed by atoms with Crippen LogP contribution in [0.4, 0.5) is 0 Å². The van der Waals surface area contributed by atoms with Crippen LogP contribution in [0.15, 0.2) is 0 Å². The monoisotopic (exact) mass is 214 g/mol. The maximum absolute atomic E-state index is 5.68. The summed E-state index contributed by atoms with van der Waals surface area (Å²) in [5.41, 5.74) is 3.05. The summed E-state index contributed by atoms with van der Waals surface area (Å²) in [7, 11) is 0. The van der Waals surface area contributed by atoms with Gasteiger partial charge in [-0.2, -0.15) is 11.8 Å². The Morgan fingerprint density at radius 1 is 1.57 bits per heavy atom. The van der Waals surface area contributed by atoms with Crippen molar-refractivity contribution in [1.29, 1.82) is 0 Å². The zero-order chi connectivity index (χ0) is 10.0. The van der Waals surface area contributed by atoms with E-state index in [9.17, 15) is 0 Å². The highest BCUT2D eigenvalue weighted by Crippen LogP contribution is 2.43. The van der Waals surface area contributed by atoms with Crippen LogP contribution in [0.2, 0.25) is 0 Å². The van der Waals surface area contributed by atoms with Crippen LogP contribution in [-0.2, 0) is 0 Å². The van der Waals surface area contributed by atoms with Gasteiger partial charge in [0.05, 0.1) is 0 Å². The maximum Gasteiger partial charge on any atom is 0.0355 e. The van der Waals surface area contributed by atoms with Crippen LogP contribution in [0.1, 0.15) is 45.4 Å². The van der Waals surface area contributed by atoms with E-state index in [0.717, 1.165) is 5.92 Å². The van der Waals surface area contributed by atoms with Crippen molar-refractivity contribution in [1.82, 2.24) is 5.43 Å². The van der Waals surface area contributed by atoms with E-state index < -0.39 is 0 Å². The molecule has 1 aliphatic carbocycles. The largest absolute Gasteiger partial charge is 0.271 e. The highest BCUT2D eigenvalue weighted by atomic mass is 32.2. The third-order valence-electron chi connectivity index (χ3n) is 3.75. The number of nitrogens with one attached hydrogen (secondary N) is 1. The van der Waals surface area contributed by atoms with Crippen molar-refractivity contribution >= 4 is 11.8 Å². The first-order valence-electron chi connectivity index (χ1n) is 5.85. The van der Waals surface area contributed by atoms with Crippen molar-refractivity contribution in [2.45, 2.75) is 56.2 Å². The molecular weight excluding hydrogens is 192 g/mol. The Balaban J connectivity index is 1.82. The number of hydrogen-bond donors (Lipinski definition) is 2. The van der Waals surface area contributed by atoms with E-state index in [1.165, 1.54) is 44.3 Å². The predicted octanol–water partition coefficient (Wildman–Crippen LogP) is 2.29. The Morgan fingerprint density at radius 3 is 2.86 bits per heavy atom. The molecule has 1 saturated heterocycles. The molecule has 3 N–H and O–H groups in total. The molecule has 2 aliphatic rings. The fourth-order valence-corrected chi connectivity index (χ4v) is 3.88. The van der Waals surface area contributed by atoms with Gasteiger partial charge in [-0.05, 0) is 44.3 Å². The normalized spacial score (nSPS) is 34.7. The summed E-state index contributed by atoms with van der Waals surface area (Å²) in [6.45, 7) is 2.38. The summed E-state index contributed by atoms with van der Waals surface area (Å²) >= 11 is 2.11. The first-order chi connectivity index (χ1) is 6.74. The zero-order valence-electron chi connectivity index (χ0n) is 9.09. The number of hydrogen-bond acceptors (Lipinski definition) is 3. The van der Waals surface area contributed by atoms with E-state index in [1.807, 2.05) is 0 Å². The summed E-state index contributed by atoms with van der Waals surface area (Å²) in [6, 6.07) is 0.524. The number of rotatable bonds is 5. The molecule has 2 nitrogen and oxygen atoms in total. The summed E-state index contributed by atoms with van der Waals surface area (Å²) in [5, 5.41) is 0. The molecule has 0 bridgehead atoms. The van der Waals surface area contributed by atoms with Gasteiger partial charge in [0.1, 0.15) is 0 Å². The highest BCUT2D eigenvalue weighted by molar-refractivity contribution is 8.00. The Hall–Kier alpha value is 0.270. The van der Waals surface area contributed by atoms with Crippen LogP contribution >= 0.6 is 11.8 Å². The molecule has 1 heterocycles. The van der Waals surface area contributed by atoms with Crippen molar-refractivity contribution in [3.63, 3.8) is 0 Å². The quantitative estimate of drug-likeness (QED) is 0.545. The van der Waals surface area contributed by atoms with Gasteiger partial charge in [-0.25, -0.2) is 0 Å². The van der Waals surface area contributed by atoms with Crippen LogP contribution < -0.4 is 11.3 Å².